The minimum absolute atomic E-state index is 0.135. The number of carbonyl (C=O) groups excluding carboxylic acids is 1. The van der Waals surface area contributed by atoms with Crippen molar-refractivity contribution in [1.82, 2.24) is 9.97 Å². The van der Waals surface area contributed by atoms with Crippen LogP contribution in [0.3, 0.4) is 0 Å². The second-order valence-corrected chi connectivity index (χ2v) is 6.44. The van der Waals surface area contributed by atoms with E-state index in [4.69, 9.17) is 0 Å². The lowest BCUT2D eigenvalue weighted by Gasteiger charge is -2.10. The summed E-state index contributed by atoms with van der Waals surface area (Å²) in [4.78, 5) is 31.2. The maximum absolute atomic E-state index is 12.1. The Morgan fingerprint density at radius 1 is 1.17 bits per heavy atom. The van der Waals surface area contributed by atoms with E-state index in [9.17, 15) is 9.59 Å². The molecule has 5 nitrogen and oxygen atoms in total. The van der Waals surface area contributed by atoms with Gasteiger partial charge in [-0.05, 0) is 43.2 Å². The fourth-order valence-electron chi connectivity index (χ4n) is 2.34. The summed E-state index contributed by atoms with van der Waals surface area (Å²) in [5.74, 6) is 0.0405. The third-order valence-corrected chi connectivity index (χ3v) is 4.68. The summed E-state index contributed by atoms with van der Waals surface area (Å²) in [5, 5.41) is 3.88. The van der Waals surface area contributed by atoms with Gasteiger partial charge in [0, 0.05) is 5.69 Å². The van der Waals surface area contributed by atoms with Crippen molar-refractivity contribution < 1.29 is 4.79 Å². The molecule has 0 saturated carbocycles. The highest BCUT2D eigenvalue weighted by molar-refractivity contribution is 7.99. The normalized spacial score (nSPS) is 10.8. The molecule has 0 aliphatic heterocycles. The molecule has 0 unspecified atom stereocenters. The Bertz CT molecular complexity index is 966. The van der Waals surface area contributed by atoms with Gasteiger partial charge in [0.05, 0.1) is 16.7 Å². The van der Waals surface area contributed by atoms with Crippen LogP contribution in [0.5, 0.6) is 0 Å². The smallest absolute Gasteiger partial charge is 0.259 e. The SMILES string of the molecule is Cc1cccc(NC(=O)CSc2nc3ccccc3c(=O)[nH]2)c1C. The molecule has 1 heterocycles. The van der Waals surface area contributed by atoms with Crippen molar-refractivity contribution in [3.8, 4) is 0 Å². The molecule has 1 amide bonds. The van der Waals surface area contributed by atoms with Crippen LogP contribution in [0.25, 0.3) is 10.9 Å². The van der Waals surface area contributed by atoms with E-state index < -0.39 is 0 Å². The quantitative estimate of drug-likeness (QED) is 0.565. The molecular formula is C18H17N3O2S. The Balaban J connectivity index is 1.70. The van der Waals surface area contributed by atoms with Crippen molar-refractivity contribution >= 4 is 34.3 Å². The van der Waals surface area contributed by atoms with Crippen LogP contribution < -0.4 is 10.9 Å². The van der Waals surface area contributed by atoms with Gasteiger partial charge in [-0.1, -0.05) is 36.0 Å². The number of aryl methyl sites for hydroxylation is 1. The highest BCUT2D eigenvalue weighted by atomic mass is 32.2. The van der Waals surface area contributed by atoms with Crippen molar-refractivity contribution in [3.63, 3.8) is 0 Å². The first-order valence-electron chi connectivity index (χ1n) is 7.52. The van der Waals surface area contributed by atoms with E-state index in [1.807, 2.05) is 38.1 Å². The number of rotatable bonds is 4. The first kappa shape index (κ1) is 16.3. The lowest BCUT2D eigenvalue weighted by molar-refractivity contribution is -0.113. The number of H-pyrrole nitrogens is 1. The molecule has 24 heavy (non-hydrogen) atoms. The van der Waals surface area contributed by atoms with Gasteiger partial charge in [-0.15, -0.1) is 0 Å². The second kappa shape index (κ2) is 6.88. The molecule has 0 aliphatic rings. The first-order valence-corrected chi connectivity index (χ1v) is 8.51. The number of hydrogen-bond acceptors (Lipinski definition) is 4. The molecule has 0 radical (unpaired) electrons. The summed E-state index contributed by atoms with van der Waals surface area (Å²) >= 11 is 1.21. The number of nitrogens with one attached hydrogen (secondary N) is 2. The molecule has 0 atom stereocenters. The second-order valence-electron chi connectivity index (χ2n) is 5.47. The first-order chi connectivity index (χ1) is 11.5. The molecular weight excluding hydrogens is 322 g/mol. The van der Waals surface area contributed by atoms with E-state index in [0.717, 1.165) is 16.8 Å². The van der Waals surface area contributed by atoms with Crippen LogP contribution in [-0.2, 0) is 4.79 Å². The number of amides is 1. The van der Waals surface area contributed by atoms with E-state index in [1.165, 1.54) is 11.8 Å². The Morgan fingerprint density at radius 3 is 2.79 bits per heavy atom. The van der Waals surface area contributed by atoms with Gasteiger partial charge in [-0.2, -0.15) is 0 Å². The summed E-state index contributed by atoms with van der Waals surface area (Å²) in [6.07, 6.45) is 0. The van der Waals surface area contributed by atoms with Gasteiger partial charge in [0.25, 0.3) is 5.56 Å². The van der Waals surface area contributed by atoms with Crippen molar-refractivity contribution in [1.29, 1.82) is 0 Å². The highest BCUT2D eigenvalue weighted by Gasteiger charge is 2.09. The number of aromatic amines is 1. The highest BCUT2D eigenvalue weighted by Crippen LogP contribution is 2.19. The van der Waals surface area contributed by atoms with E-state index in [0.29, 0.717) is 16.1 Å². The van der Waals surface area contributed by atoms with Crippen LogP contribution in [0.1, 0.15) is 11.1 Å². The average molecular weight is 339 g/mol. The molecule has 0 fully saturated rings. The summed E-state index contributed by atoms with van der Waals surface area (Å²) in [6, 6.07) is 12.9. The number of nitrogens with zero attached hydrogens (tertiary/aromatic N) is 1. The molecule has 2 N–H and O–H groups in total. The number of fused-ring (bicyclic) bond motifs is 1. The Hall–Kier alpha value is -2.60. The van der Waals surface area contributed by atoms with Gasteiger partial charge in [0.15, 0.2) is 5.16 Å². The molecule has 122 valence electrons. The number of thioether (sulfide) groups is 1. The topological polar surface area (TPSA) is 74.8 Å². The van der Waals surface area contributed by atoms with Gasteiger partial charge >= 0.3 is 0 Å². The Kier molecular flexibility index (Phi) is 4.66. The molecule has 0 saturated heterocycles. The van der Waals surface area contributed by atoms with Crippen molar-refractivity contribution in [2.24, 2.45) is 0 Å². The number of carbonyl (C=O) groups is 1. The molecule has 3 rings (SSSR count). The van der Waals surface area contributed by atoms with Gasteiger partial charge < -0.3 is 10.3 Å². The zero-order valence-corrected chi connectivity index (χ0v) is 14.2. The van der Waals surface area contributed by atoms with E-state index in [-0.39, 0.29) is 17.2 Å². The lowest BCUT2D eigenvalue weighted by Crippen LogP contribution is -2.16. The van der Waals surface area contributed by atoms with Crippen LogP contribution in [-0.4, -0.2) is 21.6 Å². The van der Waals surface area contributed by atoms with Gasteiger partial charge in [0.2, 0.25) is 5.91 Å². The van der Waals surface area contributed by atoms with Gasteiger partial charge in [-0.3, -0.25) is 9.59 Å². The third-order valence-electron chi connectivity index (χ3n) is 3.81. The maximum Gasteiger partial charge on any atom is 0.259 e. The Morgan fingerprint density at radius 2 is 1.96 bits per heavy atom. The summed E-state index contributed by atoms with van der Waals surface area (Å²) in [6.45, 7) is 3.98. The summed E-state index contributed by atoms with van der Waals surface area (Å²) in [7, 11) is 0. The molecule has 3 aromatic rings. The third kappa shape index (κ3) is 3.49. The van der Waals surface area contributed by atoms with Crippen molar-refractivity contribution in [2.45, 2.75) is 19.0 Å². The van der Waals surface area contributed by atoms with Crippen LogP contribution in [0.15, 0.2) is 52.4 Å². The van der Waals surface area contributed by atoms with Crippen LogP contribution in [0.4, 0.5) is 5.69 Å². The number of hydrogen-bond donors (Lipinski definition) is 2. The fourth-order valence-corrected chi connectivity index (χ4v) is 3.01. The molecule has 2 aromatic carbocycles. The number of benzene rings is 2. The fraction of sp³-hybridized carbons (Fsp3) is 0.167. The largest absolute Gasteiger partial charge is 0.325 e. The van der Waals surface area contributed by atoms with E-state index in [2.05, 4.69) is 15.3 Å². The average Bonchev–Trinajstić information content (AvgIpc) is 2.57. The Labute approximate surface area is 143 Å². The predicted molar refractivity (Wildman–Crippen MR) is 97.6 cm³/mol. The van der Waals surface area contributed by atoms with E-state index in [1.54, 1.807) is 18.2 Å². The minimum Gasteiger partial charge on any atom is -0.325 e. The number of anilines is 1. The van der Waals surface area contributed by atoms with Gasteiger partial charge in [0.1, 0.15) is 0 Å². The summed E-state index contributed by atoms with van der Waals surface area (Å²) < 4.78 is 0. The monoisotopic (exact) mass is 339 g/mol. The molecule has 0 bridgehead atoms. The predicted octanol–water partition coefficient (Wildman–Crippen LogP) is 3.27. The van der Waals surface area contributed by atoms with Gasteiger partial charge in [-0.25, -0.2) is 4.98 Å². The standard InChI is InChI=1S/C18H17N3O2S/c1-11-6-5-9-14(12(11)2)19-16(22)10-24-18-20-15-8-4-3-7-13(15)17(23)21-18/h3-9H,10H2,1-2H3,(H,19,22)(H,20,21,23). The number of para-hydroxylation sites is 1. The zero-order chi connectivity index (χ0) is 17.1. The van der Waals surface area contributed by atoms with Crippen molar-refractivity contribution in [2.75, 3.05) is 11.1 Å². The number of aromatic nitrogens is 2. The molecule has 1 aromatic heterocycles. The molecule has 0 aliphatic carbocycles. The van der Waals surface area contributed by atoms with E-state index >= 15 is 0 Å². The maximum atomic E-state index is 12.1. The zero-order valence-electron chi connectivity index (χ0n) is 13.4. The van der Waals surface area contributed by atoms with Crippen LogP contribution in [0.2, 0.25) is 0 Å². The van der Waals surface area contributed by atoms with Crippen LogP contribution in [0, 0.1) is 13.8 Å². The van der Waals surface area contributed by atoms with Crippen molar-refractivity contribution in [3.05, 3.63) is 63.9 Å². The lowest BCUT2D eigenvalue weighted by atomic mass is 10.1. The van der Waals surface area contributed by atoms with Crippen LogP contribution >= 0.6 is 11.8 Å². The minimum atomic E-state index is -0.196. The molecule has 0 spiro atoms. The summed E-state index contributed by atoms with van der Waals surface area (Å²) in [5.41, 5.74) is 3.41. The molecule has 6 heteroatoms.